The van der Waals surface area contributed by atoms with E-state index in [0.29, 0.717) is 5.92 Å². The Balaban J connectivity index is 1.72. The molecule has 2 heterocycles. The maximum Gasteiger partial charge on any atom is 0.0468 e. The Bertz CT molecular complexity index is 530. The molecule has 24 heavy (non-hydrogen) atoms. The van der Waals surface area contributed by atoms with Crippen LogP contribution in [-0.2, 0) is 4.74 Å². The Morgan fingerprint density at radius 1 is 1.17 bits per heavy atom. The minimum atomic E-state index is 0.612. The molecule has 3 heteroatoms. The van der Waals surface area contributed by atoms with Gasteiger partial charge < -0.3 is 15.0 Å². The van der Waals surface area contributed by atoms with Gasteiger partial charge in [-0.15, -0.1) is 0 Å². The van der Waals surface area contributed by atoms with Crippen molar-refractivity contribution in [1.82, 2.24) is 5.32 Å². The van der Waals surface area contributed by atoms with Gasteiger partial charge in [0.2, 0.25) is 0 Å². The summed E-state index contributed by atoms with van der Waals surface area (Å²) in [6, 6.07) is 8.75. The van der Waals surface area contributed by atoms with Crippen molar-refractivity contribution >= 4 is 5.69 Å². The molecule has 132 valence electrons. The molecule has 0 aliphatic carbocycles. The summed E-state index contributed by atoms with van der Waals surface area (Å²) in [5.74, 6) is 1.41. The number of anilines is 1. The average Bonchev–Trinajstić information content (AvgIpc) is 2.64. The van der Waals surface area contributed by atoms with Gasteiger partial charge in [-0.05, 0) is 69.7 Å². The third kappa shape index (κ3) is 4.40. The number of hydrogen-bond donors (Lipinski definition) is 1. The number of nitrogens with zero attached hydrogens (tertiary/aromatic N) is 1. The van der Waals surface area contributed by atoms with Crippen molar-refractivity contribution in [1.29, 1.82) is 0 Å². The second kappa shape index (κ2) is 8.68. The van der Waals surface area contributed by atoms with Gasteiger partial charge in [0, 0.05) is 37.1 Å². The SMILES string of the molecule is C=C(C1CCNCC1)N(CCC1CCOCC1)c1ccccc1C. The Morgan fingerprint density at radius 3 is 2.58 bits per heavy atom. The van der Waals surface area contributed by atoms with E-state index < -0.39 is 0 Å². The summed E-state index contributed by atoms with van der Waals surface area (Å²) in [6.45, 7) is 11.9. The third-order valence-corrected chi connectivity index (χ3v) is 5.67. The topological polar surface area (TPSA) is 24.5 Å². The highest BCUT2D eigenvalue weighted by molar-refractivity contribution is 5.57. The summed E-state index contributed by atoms with van der Waals surface area (Å²) in [6.07, 6.45) is 6.07. The number of piperidine rings is 1. The van der Waals surface area contributed by atoms with Crippen LogP contribution in [-0.4, -0.2) is 32.8 Å². The molecule has 0 saturated carbocycles. The van der Waals surface area contributed by atoms with Gasteiger partial charge >= 0.3 is 0 Å². The summed E-state index contributed by atoms with van der Waals surface area (Å²) in [7, 11) is 0. The van der Waals surface area contributed by atoms with E-state index in [1.807, 2.05) is 0 Å². The van der Waals surface area contributed by atoms with E-state index in [1.165, 1.54) is 49.1 Å². The van der Waals surface area contributed by atoms with Crippen molar-refractivity contribution in [2.24, 2.45) is 11.8 Å². The van der Waals surface area contributed by atoms with E-state index in [-0.39, 0.29) is 0 Å². The fourth-order valence-electron chi connectivity index (χ4n) is 4.01. The molecule has 2 saturated heterocycles. The molecule has 0 radical (unpaired) electrons. The molecule has 0 unspecified atom stereocenters. The van der Waals surface area contributed by atoms with Crippen LogP contribution in [0.1, 0.15) is 37.7 Å². The Hall–Kier alpha value is -1.32. The second-order valence-corrected chi connectivity index (χ2v) is 7.30. The quantitative estimate of drug-likeness (QED) is 0.850. The van der Waals surface area contributed by atoms with Gasteiger partial charge in [-0.2, -0.15) is 0 Å². The molecule has 3 nitrogen and oxygen atoms in total. The number of ether oxygens (including phenoxy) is 1. The molecule has 0 bridgehead atoms. The lowest BCUT2D eigenvalue weighted by Gasteiger charge is -2.36. The molecule has 0 spiro atoms. The monoisotopic (exact) mass is 328 g/mol. The van der Waals surface area contributed by atoms with Crippen LogP contribution in [0.25, 0.3) is 0 Å². The van der Waals surface area contributed by atoms with Crippen molar-refractivity contribution < 1.29 is 4.74 Å². The van der Waals surface area contributed by atoms with E-state index in [0.717, 1.165) is 38.8 Å². The van der Waals surface area contributed by atoms with Gasteiger partial charge in [0.25, 0.3) is 0 Å². The smallest absolute Gasteiger partial charge is 0.0468 e. The second-order valence-electron chi connectivity index (χ2n) is 7.30. The summed E-state index contributed by atoms with van der Waals surface area (Å²) in [4.78, 5) is 2.51. The van der Waals surface area contributed by atoms with Crippen LogP contribution in [0.3, 0.4) is 0 Å². The van der Waals surface area contributed by atoms with Gasteiger partial charge in [0.15, 0.2) is 0 Å². The third-order valence-electron chi connectivity index (χ3n) is 5.67. The molecule has 0 amide bonds. The first-order valence-corrected chi connectivity index (χ1v) is 9.56. The first-order valence-electron chi connectivity index (χ1n) is 9.56. The molecular weight excluding hydrogens is 296 g/mol. The molecule has 2 fully saturated rings. The van der Waals surface area contributed by atoms with Crippen LogP contribution in [0, 0.1) is 18.8 Å². The zero-order valence-electron chi connectivity index (χ0n) is 15.1. The summed E-state index contributed by atoms with van der Waals surface area (Å²) in [5.41, 5.74) is 4.01. The molecule has 3 rings (SSSR count). The first kappa shape index (κ1) is 17.5. The minimum Gasteiger partial charge on any atom is -0.381 e. The Kier molecular flexibility index (Phi) is 6.33. The number of benzene rings is 1. The molecule has 2 aliphatic heterocycles. The highest BCUT2D eigenvalue weighted by Gasteiger charge is 2.24. The van der Waals surface area contributed by atoms with Crippen LogP contribution >= 0.6 is 0 Å². The lowest BCUT2D eigenvalue weighted by atomic mass is 9.92. The molecule has 1 aromatic carbocycles. The van der Waals surface area contributed by atoms with Crippen LogP contribution < -0.4 is 10.2 Å². The molecule has 0 atom stereocenters. The van der Waals surface area contributed by atoms with E-state index >= 15 is 0 Å². The number of rotatable bonds is 6. The van der Waals surface area contributed by atoms with Gasteiger partial charge in [0.05, 0.1) is 0 Å². The predicted molar refractivity (Wildman–Crippen MR) is 101 cm³/mol. The van der Waals surface area contributed by atoms with Crippen LogP contribution in [0.4, 0.5) is 5.69 Å². The van der Waals surface area contributed by atoms with Crippen molar-refractivity contribution in [3.05, 3.63) is 42.1 Å². The van der Waals surface area contributed by atoms with Crippen molar-refractivity contribution in [2.45, 2.75) is 39.0 Å². The van der Waals surface area contributed by atoms with Crippen molar-refractivity contribution in [2.75, 3.05) is 37.7 Å². The van der Waals surface area contributed by atoms with Crippen LogP contribution in [0.2, 0.25) is 0 Å². The van der Waals surface area contributed by atoms with Crippen molar-refractivity contribution in [3.8, 4) is 0 Å². The largest absolute Gasteiger partial charge is 0.381 e. The maximum atomic E-state index is 5.51. The molecular formula is C21H32N2O. The Labute approximate surface area is 147 Å². The molecule has 0 aromatic heterocycles. The van der Waals surface area contributed by atoms with E-state index in [1.54, 1.807) is 0 Å². The Morgan fingerprint density at radius 2 is 1.88 bits per heavy atom. The fraction of sp³-hybridized carbons (Fsp3) is 0.619. The lowest BCUT2D eigenvalue weighted by molar-refractivity contribution is 0.0645. The fourth-order valence-corrected chi connectivity index (χ4v) is 4.01. The highest BCUT2D eigenvalue weighted by atomic mass is 16.5. The number of allylic oxidation sites excluding steroid dienone is 1. The number of para-hydroxylation sites is 1. The van der Waals surface area contributed by atoms with Crippen LogP contribution in [0.15, 0.2) is 36.5 Å². The average molecular weight is 328 g/mol. The normalized spacial score (nSPS) is 20.0. The van der Waals surface area contributed by atoms with Gasteiger partial charge in [-0.3, -0.25) is 0 Å². The minimum absolute atomic E-state index is 0.612. The van der Waals surface area contributed by atoms with E-state index in [4.69, 9.17) is 4.74 Å². The molecule has 2 aliphatic rings. The van der Waals surface area contributed by atoms with Gasteiger partial charge in [-0.1, -0.05) is 24.8 Å². The highest BCUT2D eigenvalue weighted by Crippen LogP contribution is 2.31. The molecule has 1 N–H and O–H groups in total. The van der Waals surface area contributed by atoms with E-state index in [9.17, 15) is 0 Å². The number of aryl methyl sites for hydroxylation is 1. The summed E-state index contributed by atoms with van der Waals surface area (Å²) >= 11 is 0. The van der Waals surface area contributed by atoms with E-state index in [2.05, 4.69) is 48.0 Å². The number of nitrogens with one attached hydrogen (secondary N) is 1. The lowest BCUT2D eigenvalue weighted by Crippen LogP contribution is -2.35. The van der Waals surface area contributed by atoms with Crippen molar-refractivity contribution in [3.63, 3.8) is 0 Å². The van der Waals surface area contributed by atoms with Gasteiger partial charge in [0.1, 0.15) is 0 Å². The zero-order chi connectivity index (χ0) is 16.8. The summed E-state index contributed by atoms with van der Waals surface area (Å²) < 4.78 is 5.51. The first-order chi connectivity index (χ1) is 11.8. The molecule has 1 aromatic rings. The summed E-state index contributed by atoms with van der Waals surface area (Å²) in [5, 5.41) is 3.47. The van der Waals surface area contributed by atoms with Crippen LogP contribution in [0.5, 0.6) is 0 Å². The predicted octanol–water partition coefficient (Wildman–Crippen LogP) is 4.13. The standard InChI is InChI=1S/C21H32N2O/c1-17-5-3-4-6-21(17)23(14-9-19-10-15-24-16-11-19)18(2)20-7-12-22-13-8-20/h3-6,19-20,22H,2,7-16H2,1H3. The zero-order valence-corrected chi connectivity index (χ0v) is 15.1. The van der Waals surface area contributed by atoms with Gasteiger partial charge in [-0.25, -0.2) is 0 Å². The number of hydrogen-bond acceptors (Lipinski definition) is 3. The maximum absolute atomic E-state index is 5.51.